The van der Waals surface area contributed by atoms with Crippen molar-refractivity contribution in [2.45, 2.75) is 26.2 Å². The summed E-state index contributed by atoms with van der Waals surface area (Å²) in [6, 6.07) is 3.30. The topological polar surface area (TPSA) is 57.3 Å². The minimum Gasteiger partial charge on any atom is -0.370 e. The Morgan fingerprint density at radius 3 is 2.79 bits per heavy atom. The van der Waals surface area contributed by atoms with E-state index in [1.165, 1.54) is 6.42 Å². The van der Waals surface area contributed by atoms with E-state index >= 15 is 0 Å². The molecule has 2 N–H and O–H groups in total. The SMILES string of the molecule is CCNc1cc(C(=O)NN2CCCCC2)cc(Cl)n1. The highest BCUT2D eigenvalue weighted by atomic mass is 35.5. The fraction of sp³-hybridized carbons (Fsp3) is 0.538. The van der Waals surface area contributed by atoms with Gasteiger partial charge in [0.05, 0.1) is 0 Å². The van der Waals surface area contributed by atoms with Gasteiger partial charge in [-0.1, -0.05) is 18.0 Å². The zero-order valence-corrected chi connectivity index (χ0v) is 11.8. The number of pyridine rings is 1. The predicted octanol–water partition coefficient (Wildman–Crippen LogP) is 2.30. The van der Waals surface area contributed by atoms with Crippen LogP contribution < -0.4 is 10.7 Å². The van der Waals surface area contributed by atoms with Gasteiger partial charge in [-0.25, -0.2) is 9.99 Å². The molecule has 0 aliphatic carbocycles. The van der Waals surface area contributed by atoms with Crippen LogP contribution in [0.3, 0.4) is 0 Å². The molecule has 0 radical (unpaired) electrons. The Kier molecular flexibility index (Phi) is 4.99. The molecule has 1 aliphatic heterocycles. The number of aromatic nitrogens is 1. The molecule has 1 aromatic heterocycles. The first-order chi connectivity index (χ1) is 9.19. The molecule has 1 amide bonds. The molecular weight excluding hydrogens is 264 g/mol. The zero-order valence-electron chi connectivity index (χ0n) is 11.1. The molecule has 0 bridgehead atoms. The fourth-order valence-electron chi connectivity index (χ4n) is 2.11. The smallest absolute Gasteiger partial charge is 0.265 e. The number of amides is 1. The number of nitrogens with zero attached hydrogens (tertiary/aromatic N) is 2. The van der Waals surface area contributed by atoms with Crippen LogP contribution in [-0.2, 0) is 0 Å². The number of hydrogen-bond donors (Lipinski definition) is 2. The summed E-state index contributed by atoms with van der Waals surface area (Å²) < 4.78 is 0. The van der Waals surface area contributed by atoms with Crippen molar-refractivity contribution in [2.75, 3.05) is 25.0 Å². The average Bonchev–Trinajstić information content (AvgIpc) is 2.39. The third-order valence-electron chi connectivity index (χ3n) is 3.03. The maximum Gasteiger partial charge on any atom is 0.265 e. The van der Waals surface area contributed by atoms with Gasteiger partial charge in [0.2, 0.25) is 0 Å². The van der Waals surface area contributed by atoms with E-state index in [1.807, 2.05) is 11.9 Å². The van der Waals surface area contributed by atoms with Crippen molar-refractivity contribution in [3.8, 4) is 0 Å². The number of piperidine rings is 1. The van der Waals surface area contributed by atoms with Crippen molar-refractivity contribution in [3.05, 3.63) is 22.8 Å². The Bertz CT molecular complexity index is 446. The minimum atomic E-state index is -0.134. The van der Waals surface area contributed by atoms with Gasteiger partial charge in [0.25, 0.3) is 5.91 Å². The fourth-order valence-corrected chi connectivity index (χ4v) is 2.32. The van der Waals surface area contributed by atoms with Gasteiger partial charge >= 0.3 is 0 Å². The number of hydrazine groups is 1. The molecule has 0 unspecified atom stereocenters. The summed E-state index contributed by atoms with van der Waals surface area (Å²) in [5, 5.41) is 5.34. The standard InChI is InChI=1S/C13H19ClN4O/c1-2-15-12-9-10(8-11(14)16-12)13(19)17-18-6-4-3-5-7-18/h8-9H,2-7H2,1H3,(H,15,16)(H,17,19). The molecule has 104 valence electrons. The van der Waals surface area contributed by atoms with Crippen LogP contribution >= 0.6 is 11.6 Å². The average molecular weight is 283 g/mol. The Morgan fingerprint density at radius 2 is 2.11 bits per heavy atom. The molecule has 5 nitrogen and oxygen atoms in total. The number of halogens is 1. The second-order valence-corrected chi connectivity index (χ2v) is 4.97. The lowest BCUT2D eigenvalue weighted by Crippen LogP contribution is -2.45. The van der Waals surface area contributed by atoms with E-state index in [9.17, 15) is 4.79 Å². The van der Waals surface area contributed by atoms with Gasteiger partial charge in [-0.3, -0.25) is 10.2 Å². The number of rotatable bonds is 4. The van der Waals surface area contributed by atoms with Gasteiger partial charge in [-0.2, -0.15) is 0 Å². The molecule has 0 spiro atoms. The number of anilines is 1. The normalized spacial score (nSPS) is 16.1. The molecule has 1 aromatic rings. The third kappa shape index (κ3) is 4.08. The lowest BCUT2D eigenvalue weighted by Gasteiger charge is -2.26. The van der Waals surface area contributed by atoms with Gasteiger partial charge in [-0.15, -0.1) is 0 Å². The first-order valence-corrected chi connectivity index (χ1v) is 7.04. The number of hydrogen-bond acceptors (Lipinski definition) is 4. The van der Waals surface area contributed by atoms with E-state index in [0.717, 1.165) is 32.5 Å². The van der Waals surface area contributed by atoms with Crippen LogP contribution in [-0.4, -0.2) is 35.5 Å². The molecule has 2 rings (SSSR count). The maximum atomic E-state index is 12.2. The highest BCUT2D eigenvalue weighted by Crippen LogP contribution is 2.15. The lowest BCUT2D eigenvalue weighted by molar-refractivity contribution is 0.0750. The van der Waals surface area contributed by atoms with Crippen LogP contribution in [0, 0.1) is 0 Å². The van der Waals surface area contributed by atoms with E-state index in [0.29, 0.717) is 16.5 Å². The Hall–Kier alpha value is -1.33. The van der Waals surface area contributed by atoms with Crippen LogP contribution in [0.15, 0.2) is 12.1 Å². The second kappa shape index (κ2) is 6.73. The molecule has 1 saturated heterocycles. The van der Waals surface area contributed by atoms with Crippen molar-refractivity contribution in [3.63, 3.8) is 0 Å². The largest absolute Gasteiger partial charge is 0.370 e. The van der Waals surface area contributed by atoms with Crippen LogP contribution in [0.4, 0.5) is 5.82 Å². The molecule has 0 atom stereocenters. The van der Waals surface area contributed by atoms with Gasteiger partial charge in [0.1, 0.15) is 11.0 Å². The quantitative estimate of drug-likeness (QED) is 0.832. The summed E-state index contributed by atoms with van der Waals surface area (Å²) in [5.74, 6) is 0.490. The van der Waals surface area contributed by atoms with E-state index in [1.54, 1.807) is 12.1 Å². The number of carbonyl (C=O) groups is 1. The summed E-state index contributed by atoms with van der Waals surface area (Å²) in [7, 11) is 0. The lowest BCUT2D eigenvalue weighted by atomic mass is 10.2. The minimum absolute atomic E-state index is 0.134. The summed E-state index contributed by atoms with van der Waals surface area (Å²) in [6.07, 6.45) is 3.48. The summed E-state index contributed by atoms with van der Waals surface area (Å²) in [4.78, 5) is 16.3. The van der Waals surface area contributed by atoms with Crippen molar-refractivity contribution in [1.29, 1.82) is 0 Å². The number of nitrogens with one attached hydrogen (secondary N) is 2. The van der Waals surface area contributed by atoms with Gasteiger partial charge in [-0.05, 0) is 31.9 Å². The first-order valence-electron chi connectivity index (χ1n) is 6.66. The highest BCUT2D eigenvalue weighted by Gasteiger charge is 2.15. The predicted molar refractivity (Wildman–Crippen MR) is 76.3 cm³/mol. The molecule has 1 fully saturated rings. The van der Waals surface area contributed by atoms with Crippen molar-refractivity contribution in [1.82, 2.24) is 15.4 Å². The van der Waals surface area contributed by atoms with Crippen molar-refractivity contribution in [2.24, 2.45) is 0 Å². The van der Waals surface area contributed by atoms with Crippen LogP contribution in [0.5, 0.6) is 0 Å². The zero-order chi connectivity index (χ0) is 13.7. The highest BCUT2D eigenvalue weighted by molar-refractivity contribution is 6.29. The van der Waals surface area contributed by atoms with E-state index < -0.39 is 0 Å². The molecule has 0 aromatic carbocycles. The monoisotopic (exact) mass is 282 g/mol. The second-order valence-electron chi connectivity index (χ2n) is 4.58. The van der Waals surface area contributed by atoms with Gasteiger partial charge in [0.15, 0.2) is 0 Å². The third-order valence-corrected chi connectivity index (χ3v) is 3.22. The molecule has 19 heavy (non-hydrogen) atoms. The molecule has 6 heteroatoms. The van der Waals surface area contributed by atoms with E-state index in [-0.39, 0.29) is 5.91 Å². The van der Waals surface area contributed by atoms with Crippen LogP contribution in [0.25, 0.3) is 0 Å². The first kappa shape index (κ1) is 14.1. The van der Waals surface area contributed by atoms with Crippen LogP contribution in [0.2, 0.25) is 5.15 Å². The van der Waals surface area contributed by atoms with E-state index in [2.05, 4.69) is 15.7 Å². The van der Waals surface area contributed by atoms with Gasteiger partial charge < -0.3 is 5.32 Å². The Morgan fingerprint density at radius 1 is 1.37 bits per heavy atom. The summed E-state index contributed by atoms with van der Waals surface area (Å²) >= 11 is 5.93. The van der Waals surface area contributed by atoms with E-state index in [4.69, 9.17) is 11.6 Å². The Labute approximate surface area is 118 Å². The Balaban J connectivity index is 2.05. The molecule has 2 heterocycles. The van der Waals surface area contributed by atoms with Crippen LogP contribution in [0.1, 0.15) is 36.5 Å². The van der Waals surface area contributed by atoms with Gasteiger partial charge in [0, 0.05) is 25.2 Å². The maximum absolute atomic E-state index is 12.2. The van der Waals surface area contributed by atoms with Crippen molar-refractivity contribution >= 4 is 23.3 Å². The number of carbonyl (C=O) groups excluding carboxylic acids is 1. The molecule has 0 saturated carbocycles. The summed E-state index contributed by atoms with van der Waals surface area (Å²) in [6.45, 7) is 4.52. The van der Waals surface area contributed by atoms with Crippen molar-refractivity contribution < 1.29 is 4.79 Å². The molecular formula is C13H19ClN4O. The summed E-state index contributed by atoms with van der Waals surface area (Å²) in [5.41, 5.74) is 3.44. The molecule has 1 aliphatic rings.